The third kappa shape index (κ3) is 5.38. The number of anilines is 1. The lowest BCUT2D eigenvalue weighted by Crippen LogP contribution is -2.48. The fourth-order valence-electron chi connectivity index (χ4n) is 3.91. The molecule has 1 aromatic carbocycles. The van der Waals surface area contributed by atoms with Crippen LogP contribution in [-0.4, -0.2) is 58.3 Å². The van der Waals surface area contributed by atoms with E-state index in [2.05, 4.69) is 40.6 Å². The van der Waals surface area contributed by atoms with Gasteiger partial charge in [0.25, 0.3) is 0 Å². The number of nitrogens with zero attached hydrogens (tertiary/aromatic N) is 4. The zero-order valence-electron chi connectivity index (χ0n) is 19.5. The first-order valence-electron chi connectivity index (χ1n) is 10.8. The number of morpholine rings is 1. The fourth-order valence-corrected chi connectivity index (χ4v) is 3.91. The van der Waals surface area contributed by atoms with Crippen molar-refractivity contribution in [1.29, 1.82) is 5.41 Å². The van der Waals surface area contributed by atoms with Crippen molar-refractivity contribution >= 4 is 17.7 Å². The summed E-state index contributed by atoms with van der Waals surface area (Å²) in [5.41, 5.74) is 17.0. The van der Waals surface area contributed by atoms with Crippen LogP contribution in [0.25, 0.3) is 11.3 Å². The van der Waals surface area contributed by atoms with Crippen molar-refractivity contribution in [3.63, 3.8) is 0 Å². The van der Waals surface area contributed by atoms with Crippen LogP contribution < -0.4 is 11.5 Å². The van der Waals surface area contributed by atoms with Gasteiger partial charge in [0.2, 0.25) is 0 Å². The van der Waals surface area contributed by atoms with Crippen molar-refractivity contribution in [2.45, 2.75) is 52.9 Å². The summed E-state index contributed by atoms with van der Waals surface area (Å²) in [6.45, 7) is 11.7. The molecule has 1 saturated heterocycles. The lowest BCUT2D eigenvalue weighted by molar-refractivity contribution is -0.0736. The number of nitrogen functional groups attached to an aromatic ring is 1. The minimum absolute atomic E-state index is 0.0536. The molecule has 8 nitrogen and oxygen atoms in total. The van der Waals surface area contributed by atoms with Crippen molar-refractivity contribution in [2.75, 3.05) is 18.8 Å². The molecule has 1 aliphatic heterocycles. The SMILES string of the molecule is Cc1ncc(-c2ccc(N)c(C(=N)/C(=C/C(C)N3CC(C)OC(C)C3)N=CN)c2)nc1C. The molecule has 0 radical (unpaired) electrons. The van der Waals surface area contributed by atoms with Crippen LogP contribution in [0, 0.1) is 19.3 Å². The van der Waals surface area contributed by atoms with Crippen LogP contribution in [0.4, 0.5) is 5.69 Å². The van der Waals surface area contributed by atoms with Crippen LogP contribution in [0.15, 0.2) is 41.2 Å². The average molecular weight is 436 g/mol. The standard InChI is InChI=1S/C24H33N7O/c1-14(31-11-15(2)32-16(3)12-31)8-22(29-13-25)24(27)20-9-19(6-7-21(20)26)23-10-28-17(4)18(5)30-23/h6-10,13-16,27H,11-12,26H2,1-5H3,(H2,25,29)/b22-8-,27-24?. The van der Waals surface area contributed by atoms with E-state index in [4.69, 9.17) is 21.6 Å². The second kappa shape index (κ2) is 10.0. The largest absolute Gasteiger partial charge is 0.398 e. The van der Waals surface area contributed by atoms with E-state index in [0.717, 1.165) is 35.7 Å². The number of hydrogen-bond acceptors (Lipinski definition) is 7. The van der Waals surface area contributed by atoms with Gasteiger partial charge in [0.15, 0.2) is 0 Å². The average Bonchev–Trinajstić information content (AvgIpc) is 2.74. The highest BCUT2D eigenvalue weighted by Crippen LogP contribution is 2.25. The molecular weight excluding hydrogens is 402 g/mol. The second-order valence-electron chi connectivity index (χ2n) is 8.38. The topological polar surface area (TPSA) is 126 Å². The summed E-state index contributed by atoms with van der Waals surface area (Å²) in [7, 11) is 0. The van der Waals surface area contributed by atoms with Crippen molar-refractivity contribution in [2.24, 2.45) is 10.7 Å². The predicted molar refractivity (Wildman–Crippen MR) is 130 cm³/mol. The van der Waals surface area contributed by atoms with Gasteiger partial charge in [-0.15, -0.1) is 0 Å². The molecule has 1 fully saturated rings. The molecule has 1 aromatic heterocycles. The molecule has 8 heteroatoms. The zero-order chi connectivity index (χ0) is 23.4. The molecule has 2 aromatic rings. The summed E-state index contributed by atoms with van der Waals surface area (Å²) >= 11 is 0. The molecule has 1 aliphatic rings. The molecule has 0 bridgehead atoms. The van der Waals surface area contributed by atoms with Crippen LogP contribution in [0.1, 0.15) is 37.7 Å². The minimum atomic E-state index is 0.0536. The highest BCUT2D eigenvalue weighted by Gasteiger charge is 2.25. The van der Waals surface area contributed by atoms with Crippen LogP contribution in [0.2, 0.25) is 0 Å². The molecule has 32 heavy (non-hydrogen) atoms. The van der Waals surface area contributed by atoms with Crippen LogP contribution in [0.5, 0.6) is 0 Å². The molecule has 170 valence electrons. The number of ether oxygens (including phenoxy) is 1. The monoisotopic (exact) mass is 435 g/mol. The first-order chi connectivity index (χ1) is 15.2. The number of aliphatic imine (C=N–C) groups is 1. The quantitative estimate of drug-likeness (QED) is 0.364. The Bertz CT molecular complexity index is 1040. The van der Waals surface area contributed by atoms with Gasteiger partial charge in [-0.05, 0) is 52.8 Å². The number of nitrogens with two attached hydrogens (primary N) is 2. The van der Waals surface area contributed by atoms with Gasteiger partial charge in [-0.2, -0.15) is 0 Å². The Morgan fingerprint density at radius 1 is 1.25 bits per heavy atom. The first-order valence-corrected chi connectivity index (χ1v) is 10.8. The number of allylic oxidation sites excluding steroid dienone is 1. The number of benzene rings is 1. The summed E-state index contributed by atoms with van der Waals surface area (Å²) in [4.78, 5) is 15.6. The summed E-state index contributed by atoms with van der Waals surface area (Å²) in [6.07, 6.45) is 5.22. The van der Waals surface area contributed by atoms with E-state index in [1.165, 1.54) is 6.34 Å². The van der Waals surface area contributed by atoms with Gasteiger partial charge in [-0.25, -0.2) is 9.98 Å². The van der Waals surface area contributed by atoms with Gasteiger partial charge in [-0.3, -0.25) is 15.3 Å². The van der Waals surface area contributed by atoms with Crippen molar-refractivity contribution in [1.82, 2.24) is 14.9 Å². The van der Waals surface area contributed by atoms with Crippen LogP contribution >= 0.6 is 0 Å². The third-order valence-electron chi connectivity index (χ3n) is 5.70. The van der Waals surface area contributed by atoms with E-state index in [1.54, 1.807) is 12.3 Å². The van der Waals surface area contributed by atoms with E-state index < -0.39 is 0 Å². The summed E-state index contributed by atoms with van der Waals surface area (Å²) < 4.78 is 5.84. The lowest BCUT2D eigenvalue weighted by atomic mass is 9.99. The fraction of sp³-hybridized carbons (Fsp3) is 0.417. The molecule has 3 atom stereocenters. The number of aryl methyl sites for hydroxylation is 2. The van der Waals surface area contributed by atoms with Crippen molar-refractivity contribution < 1.29 is 4.74 Å². The number of hydrogen-bond donors (Lipinski definition) is 3. The van der Waals surface area contributed by atoms with E-state index in [9.17, 15) is 0 Å². The zero-order valence-corrected chi connectivity index (χ0v) is 19.5. The molecule has 3 rings (SSSR count). The highest BCUT2D eigenvalue weighted by molar-refractivity contribution is 6.14. The van der Waals surface area contributed by atoms with Gasteiger partial charge in [0, 0.05) is 35.9 Å². The Labute approximate surface area is 189 Å². The Kier molecular flexibility index (Phi) is 7.37. The van der Waals surface area contributed by atoms with Gasteiger partial charge in [-0.1, -0.05) is 6.07 Å². The molecule has 0 aliphatic carbocycles. The highest BCUT2D eigenvalue weighted by atomic mass is 16.5. The molecule has 2 heterocycles. The smallest absolute Gasteiger partial charge is 0.0888 e. The van der Waals surface area contributed by atoms with Gasteiger partial charge in [0.05, 0.1) is 53.2 Å². The minimum Gasteiger partial charge on any atom is -0.398 e. The predicted octanol–water partition coefficient (Wildman–Crippen LogP) is 3.08. The first kappa shape index (κ1) is 23.6. The summed E-state index contributed by atoms with van der Waals surface area (Å²) in [6, 6.07) is 5.59. The Morgan fingerprint density at radius 3 is 2.56 bits per heavy atom. The molecule has 0 amide bonds. The Balaban J connectivity index is 1.93. The number of nitrogens with one attached hydrogen (secondary N) is 1. The third-order valence-corrected chi connectivity index (χ3v) is 5.70. The molecule has 0 saturated carbocycles. The number of rotatable bonds is 6. The van der Waals surface area contributed by atoms with Crippen LogP contribution in [-0.2, 0) is 4.74 Å². The Hall–Kier alpha value is -3.10. The normalized spacial score (nSPS) is 21.1. The molecular formula is C24H33N7O. The van der Waals surface area contributed by atoms with Gasteiger partial charge < -0.3 is 16.2 Å². The van der Waals surface area contributed by atoms with E-state index in [0.29, 0.717) is 16.9 Å². The molecule has 0 spiro atoms. The second-order valence-corrected chi connectivity index (χ2v) is 8.38. The molecule has 5 N–H and O–H groups in total. The van der Waals surface area contributed by atoms with Crippen molar-refractivity contribution in [3.05, 3.63) is 53.1 Å². The molecule has 3 unspecified atom stereocenters. The summed E-state index contributed by atoms with van der Waals surface area (Å²) in [5.74, 6) is 0. The van der Waals surface area contributed by atoms with Gasteiger partial charge in [0.1, 0.15) is 0 Å². The number of aromatic nitrogens is 2. The lowest BCUT2D eigenvalue weighted by Gasteiger charge is -2.38. The maximum absolute atomic E-state index is 8.86. The van der Waals surface area contributed by atoms with Crippen molar-refractivity contribution in [3.8, 4) is 11.3 Å². The maximum Gasteiger partial charge on any atom is 0.0888 e. The van der Waals surface area contributed by atoms with E-state index in [1.807, 2.05) is 32.1 Å². The van der Waals surface area contributed by atoms with Crippen LogP contribution in [0.3, 0.4) is 0 Å². The summed E-state index contributed by atoms with van der Waals surface area (Å²) in [5, 5.41) is 8.86. The van der Waals surface area contributed by atoms with E-state index >= 15 is 0 Å². The maximum atomic E-state index is 8.86. The van der Waals surface area contributed by atoms with Gasteiger partial charge >= 0.3 is 0 Å². The Morgan fingerprint density at radius 2 is 1.94 bits per heavy atom. The van der Waals surface area contributed by atoms with E-state index in [-0.39, 0.29) is 24.0 Å².